The fraction of sp³-hybridized carbons (Fsp3) is 0.459. The molecule has 12 heteroatoms. The largest absolute Gasteiger partial charge is 0.343 e. The lowest BCUT2D eigenvalue weighted by molar-refractivity contribution is -0.132. The third kappa shape index (κ3) is 5.92. The highest BCUT2D eigenvalue weighted by Gasteiger charge is 2.51. The standard InChI is InChI=1S/C37H43N9O3/c1-25(47)44-15-11-28(12-16-44)34-31-21-30(7-8-32(31)39-40-34)46-20-14-37(36(46)49)13-19-43(23-37)22-33(48)45-17-9-27(10-18-45)26-3-5-29(6-4-26)35-38-24-42(2)41-35/h3-9,21,24,28H,10-20,22-23H2,1-2H3,(H,39,40). The highest BCUT2D eigenvalue weighted by molar-refractivity contribution is 6.02. The highest BCUT2D eigenvalue weighted by atomic mass is 16.2. The summed E-state index contributed by atoms with van der Waals surface area (Å²) in [6, 6.07) is 14.5. The summed E-state index contributed by atoms with van der Waals surface area (Å²) in [5.41, 5.74) is 5.86. The van der Waals surface area contributed by atoms with Gasteiger partial charge in [0, 0.05) is 75.8 Å². The van der Waals surface area contributed by atoms with Crippen molar-refractivity contribution in [3.8, 4) is 11.4 Å². The number of carbonyl (C=O) groups excluding carboxylic acids is 3. The van der Waals surface area contributed by atoms with Gasteiger partial charge in [0.15, 0.2) is 5.82 Å². The molecule has 49 heavy (non-hydrogen) atoms. The summed E-state index contributed by atoms with van der Waals surface area (Å²) in [5.74, 6) is 1.41. The lowest BCUT2D eigenvalue weighted by Gasteiger charge is -2.30. The lowest BCUT2D eigenvalue weighted by atomic mass is 9.85. The number of nitrogens with one attached hydrogen (secondary N) is 1. The Morgan fingerprint density at radius 2 is 1.73 bits per heavy atom. The van der Waals surface area contributed by atoms with Crippen molar-refractivity contribution in [1.29, 1.82) is 0 Å². The average Bonchev–Trinajstić information content (AvgIpc) is 3.92. The predicted octanol–water partition coefficient (Wildman–Crippen LogP) is 3.83. The Kier molecular flexibility index (Phi) is 8.05. The van der Waals surface area contributed by atoms with Crippen LogP contribution in [0.3, 0.4) is 0 Å². The summed E-state index contributed by atoms with van der Waals surface area (Å²) >= 11 is 0. The maximum atomic E-state index is 14.0. The Morgan fingerprint density at radius 1 is 0.959 bits per heavy atom. The maximum Gasteiger partial charge on any atom is 0.237 e. The normalized spacial score (nSPS) is 22.1. The van der Waals surface area contributed by atoms with Crippen molar-refractivity contribution in [3.05, 3.63) is 66.1 Å². The minimum absolute atomic E-state index is 0.123. The molecule has 1 atom stereocenters. The summed E-state index contributed by atoms with van der Waals surface area (Å²) in [7, 11) is 1.86. The molecule has 2 aromatic heterocycles. The molecule has 3 fully saturated rings. The molecule has 8 rings (SSSR count). The number of H-pyrrole nitrogens is 1. The van der Waals surface area contributed by atoms with E-state index in [1.165, 1.54) is 5.57 Å². The second kappa shape index (κ2) is 12.6. The smallest absolute Gasteiger partial charge is 0.237 e. The quantitative estimate of drug-likeness (QED) is 0.333. The van der Waals surface area contributed by atoms with Gasteiger partial charge in [-0.25, -0.2) is 4.98 Å². The molecule has 0 saturated carbocycles. The lowest BCUT2D eigenvalue weighted by Crippen LogP contribution is -2.43. The van der Waals surface area contributed by atoms with Crippen molar-refractivity contribution in [2.45, 2.75) is 44.9 Å². The van der Waals surface area contributed by atoms with Gasteiger partial charge >= 0.3 is 0 Å². The predicted molar refractivity (Wildman–Crippen MR) is 186 cm³/mol. The van der Waals surface area contributed by atoms with Crippen LogP contribution < -0.4 is 4.90 Å². The van der Waals surface area contributed by atoms with Crippen LogP contribution >= 0.6 is 0 Å². The average molecular weight is 662 g/mol. The molecule has 1 N–H and O–H groups in total. The van der Waals surface area contributed by atoms with Crippen LogP contribution in [0.4, 0.5) is 5.69 Å². The van der Waals surface area contributed by atoms with Gasteiger partial charge in [-0.05, 0) is 68.0 Å². The van der Waals surface area contributed by atoms with Crippen molar-refractivity contribution in [2.24, 2.45) is 12.5 Å². The molecular formula is C37H43N9O3. The van der Waals surface area contributed by atoms with E-state index >= 15 is 0 Å². The second-order valence-corrected chi connectivity index (χ2v) is 14.2. The van der Waals surface area contributed by atoms with Crippen LogP contribution in [0.5, 0.6) is 0 Å². The molecule has 4 aliphatic rings. The minimum atomic E-state index is -0.445. The van der Waals surface area contributed by atoms with E-state index in [-0.39, 0.29) is 23.6 Å². The van der Waals surface area contributed by atoms with Gasteiger partial charge in [0.25, 0.3) is 0 Å². The molecule has 2 aromatic carbocycles. The number of rotatable bonds is 6. The number of benzene rings is 2. The van der Waals surface area contributed by atoms with Gasteiger partial charge in [-0.3, -0.25) is 29.1 Å². The fourth-order valence-corrected chi connectivity index (χ4v) is 8.26. The summed E-state index contributed by atoms with van der Waals surface area (Å²) in [4.78, 5) is 51.5. The number of hydrogen-bond acceptors (Lipinski definition) is 7. The Bertz CT molecular complexity index is 1940. The van der Waals surface area contributed by atoms with E-state index in [1.807, 2.05) is 46.0 Å². The molecule has 3 saturated heterocycles. The Labute approximate surface area is 285 Å². The Morgan fingerprint density at radius 3 is 2.45 bits per heavy atom. The maximum absolute atomic E-state index is 14.0. The van der Waals surface area contributed by atoms with Gasteiger partial charge in [0.05, 0.1) is 23.2 Å². The zero-order chi connectivity index (χ0) is 33.7. The number of piperidine rings is 1. The first-order valence-corrected chi connectivity index (χ1v) is 17.5. The highest BCUT2D eigenvalue weighted by Crippen LogP contribution is 2.43. The third-order valence-electron chi connectivity index (χ3n) is 11.2. The number of amides is 3. The van der Waals surface area contributed by atoms with Crippen molar-refractivity contribution in [1.82, 2.24) is 39.7 Å². The van der Waals surface area contributed by atoms with Crippen LogP contribution in [0, 0.1) is 5.41 Å². The van der Waals surface area contributed by atoms with Crippen molar-refractivity contribution >= 4 is 39.9 Å². The number of aromatic nitrogens is 5. The van der Waals surface area contributed by atoms with Gasteiger partial charge in [0.1, 0.15) is 6.33 Å². The molecule has 3 amide bonds. The van der Waals surface area contributed by atoms with Crippen LogP contribution in [0.2, 0.25) is 0 Å². The molecule has 4 aromatic rings. The number of fused-ring (bicyclic) bond motifs is 1. The molecule has 254 valence electrons. The number of aryl methyl sites for hydroxylation is 1. The number of anilines is 1. The van der Waals surface area contributed by atoms with E-state index in [0.717, 1.165) is 85.1 Å². The summed E-state index contributed by atoms with van der Waals surface area (Å²) in [6.45, 7) is 6.80. The molecule has 1 unspecified atom stereocenters. The van der Waals surface area contributed by atoms with E-state index < -0.39 is 5.41 Å². The van der Waals surface area contributed by atoms with Crippen LogP contribution in [-0.2, 0) is 21.4 Å². The molecule has 12 nitrogen and oxygen atoms in total. The van der Waals surface area contributed by atoms with Gasteiger partial charge in [-0.1, -0.05) is 30.3 Å². The zero-order valence-corrected chi connectivity index (χ0v) is 28.3. The van der Waals surface area contributed by atoms with Crippen molar-refractivity contribution in [2.75, 3.05) is 57.3 Å². The second-order valence-electron chi connectivity index (χ2n) is 14.2. The fourth-order valence-electron chi connectivity index (χ4n) is 8.26. The molecular weight excluding hydrogens is 618 g/mol. The molecule has 0 aliphatic carbocycles. The number of likely N-dealkylation sites (tertiary alicyclic amines) is 2. The van der Waals surface area contributed by atoms with E-state index in [2.05, 4.69) is 49.5 Å². The molecule has 0 radical (unpaired) electrons. The third-order valence-corrected chi connectivity index (χ3v) is 11.2. The topological polar surface area (TPSA) is 124 Å². The van der Waals surface area contributed by atoms with Crippen LogP contribution in [0.1, 0.15) is 56.2 Å². The number of nitrogens with zero attached hydrogens (tertiary/aromatic N) is 8. The SMILES string of the molecule is CC(=O)N1CCC(c2n[nH]c3ccc(N4CCC5(CCN(CC(=O)N6CC=C(c7ccc(-c8ncn(C)n8)cc7)CC6)C5)C4=O)cc23)CC1. The van der Waals surface area contributed by atoms with Crippen LogP contribution in [0.25, 0.3) is 27.9 Å². The number of carbonyl (C=O) groups is 3. The number of aromatic amines is 1. The van der Waals surface area contributed by atoms with Gasteiger partial charge in [-0.2, -0.15) is 10.2 Å². The van der Waals surface area contributed by atoms with E-state index in [4.69, 9.17) is 0 Å². The van der Waals surface area contributed by atoms with Gasteiger partial charge in [-0.15, -0.1) is 0 Å². The van der Waals surface area contributed by atoms with Crippen molar-refractivity contribution < 1.29 is 14.4 Å². The summed E-state index contributed by atoms with van der Waals surface area (Å²) in [5, 5.41) is 13.3. The van der Waals surface area contributed by atoms with Crippen LogP contribution in [0.15, 0.2) is 54.9 Å². The van der Waals surface area contributed by atoms with E-state index in [0.29, 0.717) is 38.5 Å². The first-order chi connectivity index (χ1) is 23.8. The van der Waals surface area contributed by atoms with Gasteiger partial charge < -0.3 is 14.7 Å². The molecule has 0 bridgehead atoms. The monoisotopic (exact) mass is 661 g/mol. The van der Waals surface area contributed by atoms with Crippen molar-refractivity contribution in [3.63, 3.8) is 0 Å². The minimum Gasteiger partial charge on any atom is -0.343 e. The first kappa shape index (κ1) is 31.4. The Hall–Kier alpha value is -4.84. The zero-order valence-electron chi connectivity index (χ0n) is 28.3. The molecule has 6 heterocycles. The van der Waals surface area contributed by atoms with E-state index in [1.54, 1.807) is 17.9 Å². The summed E-state index contributed by atoms with van der Waals surface area (Å²) in [6.07, 6.45) is 8.01. The molecule has 4 aliphatic heterocycles. The Balaban J connectivity index is 0.875. The summed E-state index contributed by atoms with van der Waals surface area (Å²) < 4.78 is 1.70. The number of hydrogen-bond donors (Lipinski definition) is 1. The van der Waals surface area contributed by atoms with Crippen LogP contribution in [-0.4, -0.2) is 110 Å². The van der Waals surface area contributed by atoms with E-state index in [9.17, 15) is 14.4 Å². The van der Waals surface area contributed by atoms with Gasteiger partial charge in [0.2, 0.25) is 17.7 Å². The first-order valence-electron chi connectivity index (χ1n) is 17.5. The molecule has 1 spiro atoms.